The number of hydrogen-bond acceptors (Lipinski definition) is 5. The van der Waals surface area contributed by atoms with E-state index in [0.29, 0.717) is 48.1 Å². The molecule has 1 amide bonds. The van der Waals surface area contributed by atoms with Gasteiger partial charge in [-0.1, -0.05) is 23.7 Å². The van der Waals surface area contributed by atoms with Gasteiger partial charge in [-0.2, -0.15) is 13.2 Å². The molecule has 2 aliphatic rings. The number of nitrogens with zero attached hydrogens (tertiary/aromatic N) is 2. The highest BCUT2D eigenvalue weighted by Crippen LogP contribution is 2.36. The summed E-state index contributed by atoms with van der Waals surface area (Å²) in [6.45, 7) is 7.48. The molecule has 2 saturated heterocycles. The van der Waals surface area contributed by atoms with Gasteiger partial charge in [-0.05, 0) is 76.2 Å². The molecule has 4 rings (SSSR count). The fourth-order valence-electron chi connectivity index (χ4n) is 5.07. The molecule has 2 aliphatic heterocycles. The molecule has 0 aliphatic carbocycles. The number of nitrogens with one attached hydrogen (secondary N) is 2. The summed E-state index contributed by atoms with van der Waals surface area (Å²) in [7, 11) is 2.08. The highest BCUT2D eigenvalue weighted by Gasteiger charge is 2.33. The Morgan fingerprint density at radius 2 is 1.81 bits per heavy atom. The van der Waals surface area contributed by atoms with Gasteiger partial charge in [0.2, 0.25) is 0 Å². The molecule has 0 radical (unpaired) electrons. The zero-order valence-corrected chi connectivity index (χ0v) is 22.2. The smallest absolute Gasteiger partial charge is 0.382 e. The van der Waals surface area contributed by atoms with E-state index in [0.717, 1.165) is 37.7 Å². The van der Waals surface area contributed by atoms with Crippen LogP contribution in [0.5, 0.6) is 0 Å². The molecular formula is C27H34ClF3N4O2. The quantitative estimate of drug-likeness (QED) is 0.508. The van der Waals surface area contributed by atoms with Crippen LogP contribution in [-0.4, -0.2) is 63.3 Å². The lowest BCUT2D eigenvalue weighted by atomic mass is 9.97. The summed E-state index contributed by atoms with van der Waals surface area (Å²) in [4.78, 5) is 18.0. The number of morpholine rings is 1. The van der Waals surface area contributed by atoms with Gasteiger partial charge in [-0.3, -0.25) is 4.79 Å². The van der Waals surface area contributed by atoms with Gasteiger partial charge in [0.25, 0.3) is 5.91 Å². The maximum atomic E-state index is 13.6. The number of rotatable bonds is 6. The number of carbonyl (C=O) groups excluding carboxylic acids is 1. The van der Waals surface area contributed by atoms with Crippen molar-refractivity contribution in [1.29, 1.82) is 0 Å². The van der Waals surface area contributed by atoms with E-state index in [1.807, 2.05) is 0 Å². The van der Waals surface area contributed by atoms with Crippen molar-refractivity contribution in [3.63, 3.8) is 0 Å². The topological polar surface area (TPSA) is 56.8 Å². The molecule has 1 atom stereocenters. The number of piperidine rings is 1. The summed E-state index contributed by atoms with van der Waals surface area (Å²) in [6.07, 6.45) is -2.60. The number of ether oxygens (including phenoxy) is 1. The van der Waals surface area contributed by atoms with Crippen LogP contribution in [-0.2, 0) is 10.9 Å². The fraction of sp³-hybridized carbons (Fsp3) is 0.519. The molecule has 2 heterocycles. The van der Waals surface area contributed by atoms with E-state index in [2.05, 4.69) is 27.5 Å². The van der Waals surface area contributed by atoms with Crippen LogP contribution in [0.4, 0.5) is 24.5 Å². The number of halogens is 4. The van der Waals surface area contributed by atoms with Crippen LogP contribution in [0.1, 0.15) is 52.9 Å². The molecular weight excluding hydrogens is 505 g/mol. The summed E-state index contributed by atoms with van der Waals surface area (Å²) in [5.74, 6) is -0.370. The molecule has 37 heavy (non-hydrogen) atoms. The first-order valence-corrected chi connectivity index (χ1v) is 13.0. The molecule has 0 saturated carbocycles. The number of amides is 1. The third kappa shape index (κ3) is 6.51. The van der Waals surface area contributed by atoms with Crippen molar-refractivity contribution in [2.45, 2.75) is 44.9 Å². The highest BCUT2D eigenvalue weighted by atomic mass is 35.5. The Labute approximate surface area is 221 Å². The zero-order chi connectivity index (χ0) is 26.7. The summed E-state index contributed by atoms with van der Waals surface area (Å²) in [6, 6.07) is 7.19. The molecule has 2 aromatic carbocycles. The molecule has 2 fully saturated rings. The Morgan fingerprint density at radius 1 is 1.14 bits per heavy atom. The minimum absolute atomic E-state index is 0.109. The van der Waals surface area contributed by atoms with Crippen molar-refractivity contribution >= 4 is 28.9 Å². The number of alkyl halides is 3. The van der Waals surface area contributed by atoms with Crippen molar-refractivity contribution in [2.75, 3.05) is 56.7 Å². The number of benzene rings is 2. The van der Waals surface area contributed by atoms with E-state index in [1.165, 1.54) is 13.0 Å². The Kier molecular flexibility index (Phi) is 8.56. The Bertz CT molecular complexity index is 1110. The predicted molar refractivity (Wildman–Crippen MR) is 141 cm³/mol. The molecule has 6 nitrogen and oxygen atoms in total. The van der Waals surface area contributed by atoms with E-state index in [4.69, 9.17) is 16.3 Å². The fourth-order valence-corrected chi connectivity index (χ4v) is 5.35. The summed E-state index contributed by atoms with van der Waals surface area (Å²) in [5, 5.41) is 6.97. The lowest BCUT2D eigenvalue weighted by Crippen LogP contribution is -2.38. The SMILES string of the molecule is Cc1c([C@@H](C)NC(=O)c2cc(N3CCOCC3)c(Cl)cc2NC2CCN(C)CC2)cccc1C(F)(F)F. The van der Waals surface area contributed by atoms with Crippen molar-refractivity contribution < 1.29 is 22.7 Å². The lowest BCUT2D eigenvalue weighted by Gasteiger charge is -2.32. The lowest BCUT2D eigenvalue weighted by molar-refractivity contribution is -0.138. The predicted octanol–water partition coefficient (Wildman–Crippen LogP) is 5.50. The average Bonchev–Trinajstić information content (AvgIpc) is 2.85. The van der Waals surface area contributed by atoms with Crippen LogP contribution in [0.15, 0.2) is 30.3 Å². The third-order valence-electron chi connectivity index (χ3n) is 7.26. The molecule has 2 aromatic rings. The van der Waals surface area contributed by atoms with Gasteiger partial charge in [0.15, 0.2) is 0 Å². The second kappa shape index (κ2) is 11.5. The van der Waals surface area contributed by atoms with Crippen LogP contribution in [0.2, 0.25) is 5.02 Å². The largest absolute Gasteiger partial charge is 0.416 e. The van der Waals surface area contributed by atoms with Crippen molar-refractivity contribution in [3.8, 4) is 0 Å². The van der Waals surface area contributed by atoms with E-state index in [9.17, 15) is 18.0 Å². The van der Waals surface area contributed by atoms with Gasteiger partial charge in [0.1, 0.15) is 0 Å². The van der Waals surface area contributed by atoms with Crippen LogP contribution in [0, 0.1) is 6.92 Å². The van der Waals surface area contributed by atoms with E-state index < -0.39 is 17.8 Å². The number of likely N-dealkylation sites (tertiary alicyclic amines) is 1. The first-order chi connectivity index (χ1) is 17.5. The van der Waals surface area contributed by atoms with Crippen molar-refractivity contribution in [3.05, 3.63) is 57.6 Å². The van der Waals surface area contributed by atoms with E-state index in [1.54, 1.807) is 25.1 Å². The second-order valence-electron chi connectivity index (χ2n) is 9.88. The van der Waals surface area contributed by atoms with Gasteiger partial charge in [0.05, 0.1) is 41.1 Å². The molecule has 0 aromatic heterocycles. The maximum absolute atomic E-state index is 13.6. The third-order valence-corrected chi connectivity index (χ3v) is 7.56. The van der Waals surface area contributed by atoms with Crippen LogP contribution in [0.3, 0.4) is 0 Å². The van der Waals surface area contributed by atoms with Crippen LogP contribution < -0.4 is 15.5 Å². The van der Waals surface area contributed by atoms with E-state index in [-0.39, 0.29) is 17.5 Å². The first kappa shape index (κ1) is 27.5. The number of hydrogen-bond donors (Lipinski definition) is 2. The number of anilines is 2. The second-order valence-corrected chi connectivity index (χ2v) is 10.3. The Morgan fingerprint density at radius 3 is 2.46 bits per heavy atom. The molecule has 0 unspecified atom stereocenters. The Balaban J connectivity index is 1.63. The van der Waals surface area contributed by atoms with E-state index >= 15 is 0 Å². The maximum Gasteiger partial charge on any atom is 0.416 e. The monoisotopic (exact) mass is 538 g/mol. The van der Waals surface area contributed by atoms with Gasteiger partial charge in [-0.25, -0.2) is 0 Å². The molecule has 0 spiro atoms. The normalized spacial score (nSPS) is 18.5. The Hall–Kier alpha value is -2.49. The summed E-state index contributed by atoms with van der Waals surface area (Å²) >= 11 is 6.69. The van der Waals surface area contributed by atoms with Gasteiger partial charge < -0.3 is 25.2 Å². The average molecular weight is 539 g/mol. The van der Waals surface area contributed by atoms with Gasteiger partial charge >= 0.3 is 6.18 Å². The van der Waals surface area contributed by atoms with Gasteiger partial charge in [-0.15, -0.1) is 0 Å². The summed E-state index contributed by atoms with van der Waals surface area (Å²) in [5.41, 5.74) is 1.63. The van der Waals surface area contributed by atoms with Crippen molar-refractivity contribution in [1.82, 2.24) is 10.2 Å². The molecule has 202 valence electrons. The molecule has 0 bridgehead atoms. The summed E-state index contributed by atoms with van der Waals surface area (Å²) < 4.78 is 45.8. The zero-order valence-electron chi connectivity index (χ0n) is 21.4. The standard InChI is InChI=1S/C27H34ClF3N4O2/c1-17-20(5-4-6-22(17)27(29,30)31)18(2)32-26(36)21-15-25(35-11-13-37-14-12-35)23(28)16-24(21)33-19-7-9-34(3)10-8-19/h4-6,15-16,18-19,33H,7-14H2,1-3H3,(H,32,36)/t18-/m1/s1. The number of carbonyl (C=O) groups is 1. The minimum Gasteiger partial charge on any atom is -0.382 e. The molecule has 2 N–H and O–H groups in total. The van der Waals surface area contributed by atoms with Crippen LogP contribution in [0.25, 0.3) is 0 Å². The highest BCUT2D eigenvalue weighted by molar-refractivity contribution is 6.34. The van der Waals surface area contributed by atoms with Crippen LogP contribution >= 0.6 is 11.6 Å². The first-order valence-electron chi connectivity index (χ1n) is 12.6. The minimum atomic E-state index is -4.46. The van der Waals surface area contributed by atoms with Crippen molar-refractivity contribution in [2.24, 2.45) is 0 Å². The van der Waals surface area contributed by atoms with Gasteiger partial charge in [0, 0.05) is 24.8 Å². The molecule has 10 heteroatoms.